The highest BCUT2D eigenvalue weighted by Crippen LogP contribution is 2.27. The van der Waals surface area contributed by atoms with Gasteiger partial charge in [0.2, 0.25) is 0 Å². The summed E-state index contributed by atoms with van der Waals surface area (Å²) in [5, 5.41) is 7.75. The molecule has 0 saturated carbocycles. The van der Waals surface area contributed by atoms with Crippen LogP contribution in [0.25, 0.3) is 88.5 Å². The van der Waals surface area contributed by atoms with E-state index < -0.39 is 0 Å². The molecule has 0 aliphatic carbocycles. The number of benzene rings is 6. The quantitative estimate of drug-likeness (QED) is 0.187. The minimum absolute atomic E-state index is 0.616. The van der Waals surface area contributed by atoms with Gasteiger partial charge < -0.3 is 0 Å². The van der Waals surface area contributed by atoms with E-state index in [1.807, 2.05) is 24.3 Å². The maximum atomic E-state index is 5.07. The van der Waals surface area contributed by atoms with Crippen molar-refractivity contribution in [3.8, 4) is 22.8 Å². The van der Waals surface area contributed by atoms with Crippen molar-refractivity contribution in [3.05, 3.63) is 157 Å². The summed E-state index contributed by atoms with van der Waals surface area (Å²) in [6.45, 7) is 4.17. The molecule has 6 nitrogen and oxygen atoms in total. The molecule has 9 aromatic rings. The molecule has 0 aliphatic heterocycles. The van der Waals surface area contributed by atoms with E-state index in [1.54, 1.807) is 0 Å². The van der Waals surface area contributed by atoms with Crippen LogP contribution in [0.5, 0.6) is 0 Å². The van der Waals surface area contributed by atoms with Crippen LogP contribution in [0, 0.1) is 13.8 Å². The Labute approximate surface area is 288 Å². The number of fused-ring (bicyclic) bond motifs is 18. The molecule has 3 heterocycles. The van der Waals surface area contributed by atoms with Gasteiger partial charge in [-0.05, 0) is 70.8 Å². The zero-order chi connectivity index (χ0) is 33.6. The van der Waals surface area contributed by atoms with Gasteiger partial charge in [-0.25, -0.2) is 29.9 Å². The first-order valence-electron chi connectivity index (χ1n) is 16.6. The Morgan fingerprint density at radius 1 is 0.280 bits per heavy atom. The van der Waals surface area contributed by atoms with Crippen molar-refractivity contribution in [2.45, 2.75) is 13.8 Å². The van der Waals surface area contributed by atoms with Crippen LogP contribution < -0.4 is 0 Å². The summed E-state index contributed by atoms with van der Waals surface area (Å²) in [5.74, 6) is 1.28. The molecule has 0 unspecified atom stereocenters. The SMILES string of the molecule is Cc1ccccc1-c1nc2nc(n1)c1cccc(c1)c1cccc(c1)c1nc(-c3ccccc3C)nc(n1)c1cccc(c1)c1cccc2c1. The van der Waals surface area contributed by atoms with Crippen molar-refractivity contribution < 1.29 is 0 Å². The molecule has 0 aliphatic rings. The highest BCUT2D eigenvalue weighted by atomic mass is 15.0. The van der Waals surface area contributed by atoms with Crippen LogP contribution in [0.3, 0.4) is 0 Å². The van der Waals surface area contributed by atoms with Crippen molar-refractivity contribution in [3.63, 3.8) is 0 Å². The van der Waals surface area contributed by atoms with Gasteiger partial charge in [0.25, 0.3) is 0 Å². The van der Waals surface area contributed by atoms with Gasteiger partial charge in [0.05, 0.1) is 0 Å². The highest BCUT2D eigenvalue weighted by Gasteiger charge is 2.11. The summed E-state index contributed by atoms with van der Waals surface area (Å²) >= 11 is 0. The summed E-state index contributed by atoms with van der Waals surface area (Å²) in [4.78, 5) is 30.3. The molecule has 0 radical (unpaired) electrons. The van der Waals surface area contributed by atoms with Crippen molar-refractivity contribution in [1.29, 1.82) is 0 Å². The summed E-state index contributed by atoms with van der Waals surface area (Å²) in [5.41, 5.74) is 6.62. The third kappa shape index (κ3) is 5.43. The van der Waals surface area contributed by atoms with Gasteiger partial charge in [0.15, 0.2) is 34.2 Å². The zero-order valence-corrected chi connectivity index (χ0v) is 27.5. The molecule has 236 valence electrons. The molecule has 9 rings (SSSR count). The minimum Gasteiger partial charge on any atom is -0.208 e. The number of rotatable bonds is 2. The summed E-state index contributed by atoms with van der Waals surface area (Å²) in [7, 11) is 0. The largest absolute Gasteiger partial charge is 0.208 e. The first kappa shape index (κ1) is 29.5. The number of aromatic nitrogens is 6. The van der Waals surface area contributed by atoms with Gasteiger partial charge in [0, 0.05) is 32.7 Å². The summed E-state index contributed by atoms with van der Waals surface area (Å²) in [6.07, 6.45) is 0. The van der Waals surface area contributed by atoms with E-state index in [1.165, 1.54) is 0 Å². The maximum absolute atomic E-state index is 5.07. The van der Waals surface area contributed by atoms with Gasteiger partial charge in [-0.15, -0.1) is 0 Å². The van der Waals surface area contributed by atoms with E-state index in [0.29, 0.717) is 34.2 Å². The fourth-order valence-corrected chi connectivity index (χ4v) is 6.51. The summed E-state index contributed by atoms with van der Waals surface area (Å²) in [6, 6.07) is 49.8. The average molecular weight is 643 g/mol. The molecular formula is C44H30N6. The normalized spacial score (nSPS) is 11.4. The number of hydrogen-bond donors (Lipinski definition) is 0. The second-order valence-electron chi connectivity index (χ2n) is 12.6. The van der Waals surface area contributed by atoms with E-state index in [-0.39, 0.29) is 0 Å². The van der Waals surface area contributed by atoms with Crippen LogP contribution in [0.15, 0.2) is 146 Å². The van der Waals surface area contributed by atoms with E-state index in [0.717, 1.165) is 65.3 Å². The van der Waals surface area contributed by atoms with Gasteiger partial charge >= 0.3 is 0 Å². The monoisotopic (exact) mass is 642 g/mol. The lowest BCUT2D eigenvalue weighted by molar-refractivity contribution is 1.17. The number of hydrogen-bond acceptors (Lipinski definition) is 6. The predicted molar refractivity (Wildman–Crippen MR) is 205 cm³/mol. The van der Waals surface area contributed by atoms with Crippen molar-refractivity contribution in [2.75, 3.05) is 0 Å². The van der Waals surface area contributed by atoms with Crippen LogP contribution in [0.4, 0.5) is 0 Å². The Morgan fingerprint density at radius 2 is 0.560 bits per heavy atom. The molecule has 3 aromatic heterocycles. The fraction of sp³-hybridized carbons (Fsp3) is 0.0455. The lowest BCUT2D eigenvalue weighted by Gasteiger charge is -2.07. The Morgan fingerprint density at radius 3 is 0.860 bits per heavy atom. The molecule has 50 heavy (non-hydrogen) atoms. The molecule has 0 N–H and O–H groups in total. The lowest BCUT2D eigenvalue weighted by Crippen LogP contribution is -1.96. The first-order valence-corrected chi connectivity index (χ1v) is 16.6. The molecule has 0 spiro atoms. The Hall–Kier alpha value is -6.66. The molecule has 0 amide bonds. The molecule has 0 fully saturated rings. The minimum atomic E-state index is 0.616. The number of nitrogens with zero attached hydrogens (tertiary/aromatic N) is 6. The van der Waals surface area contributed by atoms with Gasteiger partial charge in [-0.1, -0.05) is 121 Å². The van der Waals surface area contributed by atoms with Crippen molar-refractivity contribution in [2.24, 2.45) is 0 Å². The maximum Gasteiger partial charge on any atom is 0.164 e. The molecule has 12 bridgehead atoms. The van der Waals surface area contributed by atoms with E-state index in [2.05, 4.69) is 135 Å². The van der Waals surface area contributed by atoms with Crippen LogP contribution in [-0.2, 0) is 0 Å². The standard InChI is InChI=1S/C44H30N6/c1-27-11-3-5-21-37(27)43-47-39-33-17-7-13-29(23-33)31-15-9-19-35(25-31)41-46-42(50-44(49-41)38-22-6-4-12-28(38)2)36-20-10-16-32(26-36)30-14-8-18-34(24-30)40(45-39)48-43/h3-26H,1-2H3. The third-order valence-corrected chi connectivity index (χ3v) is 9.19. The Kier molecular flexibility index (Phi) is 7.13. The van der Waals surface area contributed by atoms with Gasteiger partial charge in [0.1, 0.15) is 0 Å². The first-order chi connectivity index (χ1) is 24.6. The highest BCUT2D eigenvalue weighted by molar-refractivity contribution is 5.97. The Balaban J connectivity index is 1.47. The predicted octanol–water partition coefficient (Wildman–Crippen LogP) is 10.6. The van der Waals surface area contributed by atoms with E-state index >= 15 is 0 Å². The summed E-state index contributed by atoms with van der Waals surface area (Å²) < 4.78 is 0. The number of aryl methyl sites for hydroxylation is 2. The van der Waals surface area contributed by atoms with E-state index in [4.69, 9.17) is 29.9 Å². The smallest absolute Gasteiger partial charge is 0.164 e. The lowest BCUT2D eigenvalue weighted by atomic mass is 10.1. The van der Waals surface area contributed by atoms with Crippen LogP contribution in [0.1, 0.15) is 11.1 Å². The van der Waals surface area contributed by atoms with Gasteiger partial charge in [-0.3, -0.25) is 0 Å². The van der Waals surface area contributed by atoms with Crippen molar-refractivity contribution in [1.82, 2.24) is 29.9 Å². The van der Waals surface area contributed by atoms with Crippen LogP contribution in [-0.4, -0.2) is 29.9 Å². The molecule has 0 atom stereocenters. The van der Waals surface area contributed by atoms with Crippen LogP contribution >= 0.6 is 0 Å². The average Bonchev–Trinajstić information content (AvgIpc) is 3.18. The van der Waals surface area contributed by atoms with Crippen molar-refractivity contribution >= 4 is 65.7 Å². The zero-order valence-electron chi connectivity index (χ0n) is 27.5. The van der Waals surface area contributed by atoms with Gasteiger partial charge in [-0.2, -0.15) is 0 Å². The second-order valence-corrected chi connectivity index (χ2v) is 12.6. The molecule has 0 saturated heterocycles. The second kappa shape index (κ2) is 12.1. The molecular weight excluding hydrogens is 613 g/mol. The fourth-order valence-electron chi connectivity index (χ4n) is 6.51. The van der Waals surface area contributed by atoms with E-state index in [9.17, 15) is 0 Å². The molecule has 6 heteroatoms. The molecule has 6 aromatic carbocycles. The Bertz CT molecular complexity index is 2570. The van der Waals surface area contributed by atoms with Crippen LogP contribution in [0.2, 0.25) is 0 Å². The third-order valence-electron chi connectivity index (χ3n) is 9.19. The topological polar surface area (TPSA) is 77.3 Å².